The van der Waals surface area contributed by atoms with Gasteiger partial charge in [0.1, 0.15) is 0 Å². The molecule has 1 saturated carbocycles. The number of carbonyl (C=O) groups is 1. The lowest BCUT2D eigenvalue weighted by atomic mass is 9.89. The SMILES string of the molecule is CN(C)C(=O)N1CC[C@@H](n2c(=O)n(CC3CCCCC3)c3cccnc32)C1. The average Bonchev–Trinajstić information content (AvgIpc) is 3.25. The molecule has 7 heteroatoms. The van der Waals surface area contributed by atoms with Gasteiger partial charge in [0.25, 0.3) is 0 Å². The van der Waals surface area contributed by atoms with E-state index in [0.29, 0.717) is 19.0 Å². The van der Waals surface area contributed by atoms with Crippen LogP contribution in [-0.4, -0.2) is 57.1 Å². The quantitative estimate of drug-likeness (QED) is 0.833. The fourth-order valence-corrected chi connectivity index (χ4v) is 4.65. The first-order valence-corrected chi connectivity index (χ1v) is 10.1. The predicted octanol–water partition coefficient (Wildman–Crippen LogP) is 2.71. The van der Waals surface area contributed by atoms with Crippen molar-refractivity contribution in [1.29, 1.82) is 0 Å². The summed E-state index contributed by atoms with van der Waals surface area (Å²) in [4.78, 5) is 33.6. The number of aromatic nitrogens is 3. The monoisotopic (exact) mass is 371 g/mol. The Morgan fingerprint density at radius 1 is 1.22 bits per heavy atom. The normalized spacial score (nSPS) is 21.1. The number of amides is 2. The second-order valence-electron chi connectivity index (χ2n) is 8.18. The number of imidazole rings is 1. The highest BCUT2D eigenvalue weighted by molar-refractivity contribution is 5.74. The minimum Gasteiger partial charge on any atom is -0.331 e. The minimum absolute atomic E-state index is 0.00412. The van der Waals surface area contributed by atoms with Crippen LogP contribution in [0, 0.1) is 5.92 Å². The van der Waals surface area contributed by atoms with Crippen molar-refractivity contribution in [2.75, 3.05) is 27.2 Å². The molecule has 1 aliphatic carbocycles. The highest BCUT2D eigenvalue weighted by atomic mass is 16.2. The van der Waals surface area contributed by atoms with E-state index in [9.17, 15) is 9.59 Å². The van der Waals surface area contributed by atoms with Gasteiger partial charge in [-0.3, -0.25) is 9.13 Å². The van der Waals surface area contributed by atoms with Gasteiger partial charge < -0.3 is 9.80 Å². The molecule has 3 heterocycles. The summed E-state index contributed by atoms with van der Waals surface area (Å²) in [6, 6.07) is 3.90. The fourth-order valence-electron chi connectivity index (χ4n) is 4.65. The molecule has 27 heavy (non-hydrogen) atoms. The van der Waals surface area contributed by atoms with Gasteiger partial charge in [0.2, 0.25) is 0 Å². The number of urea groups is 1. The van der Waals surface area contributed by atoms with Gasteiger partial charge in [-0.15, -0.1) is 0 Å². The molecule has 2 amide bonds. The van der Waals surface area contributed by atoms with Crippen molar-refractivity contribution in [3.63, 3.8) is 0 Å². The largest absolute Gasteiger partial charge is 0.331 e. The van der Waals surface area contributed by atoms with E-state index in [0.717, 1.165) is 24.1 Å². The van der Waals surface area contributed by atoms with E-state index in [1.807, 2.05) is 26.2 Å². The van der Waals surface area contributed by atoms with Gasteiger partial charge in [0.05, 0.1) is 11.6 Å². The van der Waals surface area contributed by atoms with Crippen molar-refractivity contribution in [3.05, 3.63) is 28.8 Å². The molecule has 1 aliphatic heterocycles. The molecule has 0 bridgehead atoms. The van der Waals surface area contributed by atoms with E-state index in [-0.39, 0.29) is 17.8 Å². The van der Waals surface area contributed by atoms with Gasteiger partial charge in [-0.1, -0.05) is 19.3 Å². The van der Waals surface area contributed by atoms with Gasteiger partial charge in [0.15, 0.2) is 5.65 Å². The lowest BCUT2D eigenvalue weighted by Gasteiger charge is -2.22. The van der Waals surface area contributed by atoms with E-state index in [1.165, 1.54) is 32.1 Å². The van der Waals surface area contributed by atoms with Gasteiger partial charge >= 0.3 is 11.7 Å². The molecule has 4 rings (SSSR count). The van der Waals surface area contributed by atoms with Crippen LogP contribution < -0.4 is 5.69 Å². The number of likely N-dealkylation sites (tertiary alicyclic amines) is 1. The zero-order chi connectivity index (χ0) is 19.0. The molecular weight excluding hydrogens is 342 g/mol. The number of fused-ring (bicyclic) bond motifs is 1. The molecule has 2 aromatic heterocycles. The van der Waals surface area contributed by atoms with Crippen molar-refractivity contribution in [2.24, 2.45) is 5.92 Å². The van der Waals surface area contributed by atoms with Crippen LogP contribution >= 0.6 is 0 Å². The summed E-state index contributed by atoms with van der Waals surface area (Å²) in [6.45, 7) is 2.02. The second-order valence-corrected chi connectivity index (χ2v) is 8.18. The van der Waals surface area contributed by atoms with Crippen molar-refractivity contribution in [3.8, 4) is 0 Å². The standard InChI is InChI=1S/C20H29N5O2/c1-22(2)19(26)23-12-10-16(14-23)25-18-17(9-6-11-21-18)24(20(25)27)13-15-7-4-3-5-8-15/h6,9,11,15-16H,3-5,7-8,10,12-14H2,1-2H3/t16-/m1/s1. The zero-order valence-electron chi connectivity index (χ0n) is 16.3. The van der Waals surface area contributed by atoms with Crippen LogP contribution in [0.3, 0.4) is 0 Å². The number of nitrogens with zero attached hydrogens (tertiary/aromatic N) is 5. The third kappa shape index (κ3) is 3.35. The summed E-state index contributed by atoms with van der Waals surface area (Å²) in [6.07, 6.45) is 8.79. The maximum absolute atomic E-state index is 13.3. The van der Waals surface area contributed by atoms with E-state index in [1.54, 1.807) is 25.2 Å². The summed E-state index contributed by atoms with van der Waals surface area (Å²) in [5.41, 5.74) is 1.70. The summed E-state index contributed by atoms with van der Waals surface area (Å²) < 4.78 is 3.76. The Bertz CT molecular complexity index is 878. The first kappa shape index (κ1) is 18.1. The molecule has 0 aromatic carbocycles. The molecule has 2 fully saturated rings. The maximum atomic E-state index is 13.3. The Morgan fingerprint density at radius 2 is 2.00 bits per heavy atom. The Hall–Kier alpha value is -2.31. The van der Waals surface area contributed by atoms with Gasteiger partial charge in [-0.05, 0) is 37.3 Å². The lowest BCUT2D eigenvalue weighted by molar-refractivity contribution is 0.180. The zero-order valence-corrected chi connectivity index (χ0v) is 16.3. The van der Waals surface area contributed by atoms with Crippen LogP contribution in [0.1, 0.15) is 44.6 Å². The van der Waals surface area contributed by atoms with Crippen molar-refractivity contribution >= 4 is 17.2 Å². The molecule has 146 valence electrons. The van der Waals surface area contributed by atoms with Crippen molar-refractivity contribution in [1.82, 2.24) is 23.9 Å². The molecule has 2 aromatic rings. The molecule has 0 N–H and O–H groups in total. The van der Waals surface area contributed by atoms with Gasteiger partial charge in [0, 0.05) is 39.9 Å². The Labute approximate surface area is 159 Å². The Morgan fingerprint density at radius 3 is 2.74 bits per heavy atom. The molecular formula is C20H29N5O2. The third-order valence-electron chi connectivity index (χ3n) is 6.07. The molecule has 7 nitrogen and oxygen atoms in total. The van der Waals surface area contributed by atoms with E-state index < -0.39 is 0 Å². The smallest absolute Gasteiger partial charge is 0.330 e. The second kappa shape index (κ2) is 7.37. The number of rotatable bonds is 3. The molecule has 1 atom stereocenters. The van der Waals surface area contributed by atoms with Crippen LogP contribution in [0.5, 0.6) is 0 Å². The average molecular weight is 371 g/mol. The maximum Gasteiger partial charge on any atom is 0.330 e. The van der Waals surface area contributed by atoms with E-state index >= 15 is 0 Å². The lowest BCUT2D eigenvalue weighted by Crippen LogP contribution is -2.38. The molecule has 0 unspecified atom stereocenters. The molecule has 0 spiro atoms. The van der Waals surface area contributed by atoms with Crippen LogP contribution in [0.15, 0.2) is 23.1 Å². The number of hydrogen-bond acceptors (Lipinski definition) is 3. The van der Waals surface area contributed by atoms with Gasteiger partial charge in [-0.2, -0.15) is 0 Å². The summed E-state index contributed by atoms with van der Waals surface area (Å²) in [5, 5.41) is 0. The minimum atomic E-state index is -0.00796. The van der Waals surface area contributed by atoms with E-state index in [4.69, 9.17) is 0 Å². The number of carbonyl (C=O) groups excluding carboxylic acids is 1. The van der Waals surface area contributed by atoms with Crippen LogP contribution in [-0.2, 0) is 6.54 Å². The van der Waals surface area contributed by atoms with Gasteiger partial charge in [-0.25, -0.2) is 14.6 Å². The summed E-state index contributed by atoms with van der Waals surface area (Å²) >= 11 is 0. The first-order chi connectivity index (χ1) is 13.1. The van der Waals surface area contributed by atoms with Crippen LogP contribution in [0.25, 0.3) is 11.2 Å². The summed E-state index contributed by atoms with van der Waals surface area (Å²) in [7, 11) is 3.53. The highest BCUT2D eigenvalue weighted by Crippen LogP contribution is 2.28. The molecule has 2 aliphatic rings. The first-order valence-electron chi connectivity index (χ1n) is 10.1. The highest BCUT2D eigenvalue weighted by Gasteiger charge is 2.32. The Kier molecular flexibility index (Phi) is 4.93. The van der Waals surface area contributed by atoms with Crippen molar-refractivity contribution < 1.29 is 4.79 Å². The van der Waals surface area contributed by atoms with Crippen molar-refractivity contribution in [2.45, 2.75) is 51.1 Å². The van der Waals surface area contributed by atoms with Crippen LogP contribution in [0.4, 0.5) is 4.79 Å². The van der Waals surface area contributed by atoms with E-state index in [2.05, 4.69) is 4.98 Å². The Balaban J connectivity index is 1.66. The molecule has 1 saturated heterocycles. The third-order valence-corrected chi connectivity index (χ3v) is 6.07. The topological polar surface area (TPSA) is 63.4 Å². The number of hydrogen-bond donors (Lipinski definition) is 0. The van der Waals surface area contributed by atoms with Crippen LogP contribution in [0.2, 0.25) is 0 Å². The summed E-state index contributed by atoms with van der Waals surface area (Å²) in [5.74, 6) is 0.575. The molecule has 0 radical (unpaired) electrons. The fraction of sp³-hybridized carbons (Fsp3) is 0.650. The number of pyridine rings is 1. The predicted molar refractivity (Wildman–Crippen MR) is 105 cm³/mol.